The molecule has 2 rings (SSSR count). The van der Waals surface area contributed by atoms with Gasteiger partial charge in [0, 0.05) is 11.7 Å². The number of nitrogens with one attached hydrogen (secondary N) is 1. The SMILES string of the molecule is Cc1c(N)cccc1S(=O)(=O)N[C@@H]1CCCC[C@H]1O. The number of anilines is 1. The van der Waals surface area contributed by atoms with Crippen LogP contribution in [-0.2, 0) is 10.0 Å². The fourth-order valence-corrected chi connectivity index (χ4v) is 4.01. The second-order valence-electron chi connectivity index (χ2n) is 5.05. The summed E-state index contributed by atoms with van der Waals surface area (Å²) in [5.74, 6) is 0. The van der Waals surface area contributed by atoms with Crippen LogP contribution < -0.4 is 10.5 Å². The normalized spacial score (nSPS) is 24.3. The Bertz CT molecular complexity index is 557. The Morgan fingerprint density at radius 3 is 2.68 bits per heavy atom. The highest BCUT2D eigenvalue weighted by atomic mass is 32.2. The number of hydrogen-bond donors (Lipinski definition) is 3. The molecule has 0 amide bonds. The first kappa shape index (κ1) is 14.3. The van der Waals surface area contributed by atoms with E-state index in [4.69, 9.17) is 5.73 Å². The standard InChI is InChI=1S/C13H20N2O3S/c1-9-10(14)5-4-8-13(9)19(17,18)15-11-6-2-3-7-12(11)16/h4-5,8,11-12,15-16H,2-3,6-7,14H2,1H3/t11-,12-/m1/s1. The number of hydrogen-bond acceptors (Lipinski definition) is 4. The van der Waals surface area contributed by atoms with E-state index in [2.05, 4.69) is 4.72 Å². The molecule has 106 valence electrons. The third-order valence-corrected chi connectivity index (χ3v) is 5.29. The molecule has 0 radical (unpaired) electrons. The number of nitrogen functional groups attached to an aromatic ring is 1. The summed E-state index contributed by atoms with van der Waals surface area (Å²) < 4.78 is 27.3. The molecule has 1 aromatic rings. The summed E-state index contributed by atoms with van der Waals surface area (Å²) in [6.45, 7) is 1.68. The molecular weight excluding hydrogens is 264 g/mol. The van der Waals surface area contributed by atoms with Crippen LogP contribution in [0.25, 0.3) is 0 Å². The van der Waals surface area contributed by atoms with E-state index in [0.29, 0.717) is 24.1 Å². The van der Waals surface area contributed by atoms with E-state index in [1.54, 1.807) is 19.1 Å². The fraction of sp³-hybridized carbons (Fsp3) is 0.538. The number of aliphatic hydroxyl groups is 1. The zero-order chi connectivity index (χ0) is 14.0. The Hall–Kier alpha value is -1.11. The molecule has 6 heteroatoms. The topological polar surface area (TPSA) is 92.4 Å². The molecule has 0 bridgehead atoms. The van der Waals surface area contributed by atoms with E-state index in [-0.39, 0.29) is 4.90 Å². The molecule has 0 aliphatic heterocycles. The number of rotatable bonds is 3. The number of benzene rings is 1. The molecular formula is C13H20N2O3S. The van der Waals surface area contributed by atoms with Crippen molar-refractivity contribution < 1.29 is 13.5 Å². The number of nitrogens with two attached hydrogens (primary N) is 1. The van der Waals surface area contributed by atoms with E-state index >= 15 is 0 Å². The van der Waals surface area contributed by atoms with Crippen LogP contribution in [0, 0.1) is 6.92 Å². The zero-order valence-corrected chi connectivity index (χ0v) is 11.8. The van der Waals surface area contributed by atoms with Crippen molar-refractivity contribution >= 4 is 15.7 Å². The van der Waals surface area contributed by atoms with Crippen molar-refractivity contribution in [2.75, 3.05) is 5.73 Å². The first-order valence-electron chi connectivity index (χ1n) is 6.47. The van der Waals surface area contributed by atoms with Crippen molar-refractivity contribution in [1.29, 1.82) is 0 Å². The summed E-state index contributed by atoms with van der Waals surface area (Å²) in [6.07, 6.45) is 2.58. The molecule has 1 aromatic carbocycles. The van der Waals surface area contributed by atoms with Gasteiger partial charge in [0.1, 0.15) is 0 Å². The Kier molecular flexibility index (Phi) is 4.13. The molecule has 5 nitrogen and oxygen atoms in total. The molecule has 1 saturated carbocycles. The highest BCUT2D eigenvalue weighted by Gasteiger charge is 2.28. The van der Waals surface area contributed by atoms with Crippen LogP contribution in [0.2, 0.25) is 0 Å². The van der Waals surface area contributed by atoms with Gasteiger partial charge in [0.25, 0.3) is 0 Å². The van der Waals surface area contributed by atoms with Gasteiger partial charge >= 0.3 is 0 Å². The third kappa shape index (κ3) is 3.08. The van der Waals surface area contributed by atoms with E-state index in [1.807, 2.05) is 0 Å². The van der Waals surface area contributed by atoms with Gasteiger partial charge in [-0.05, 0) is 37.5 Å². The lowest BCUT2D eigenvalue weighted by atomic mass is 9.93. The van der Waals surface area contributed by atoms with Crippen LogP contribution in [-0.4, -0.2) is 25.7 Å². The molecule has 2 atom stereocenters. The summed E-state index contributed by atoms with van der Waals surface area (Å²) in [6, 6.07) is 4.42. The van der Waals surface area contributed by atoms with E-state index in [1.165, 1.54) is 6.07 Å². The summed E-state index contributed by atoms with van der Waals surface area (Å²) in [4.78, 5) is 0.185. The fourth-order valence-electron chi connectivity index (χ4n) is 2.43. The van der Waals surface area contributed by atoms with Gasteiger partial charge in [-0.25, -0.2) is 13.1 Å². The molecule has 1 aliphatic carbocycles. The monoisotopic (exact) mass is 284 g/mol. The highest BCUT2D eigenvalue weighted by Crippen LogP contribution is 2.24. The summed E-state index contributed by atoms with van der Waals surface area (Å²) >= 11 is 0. The van der Waals surface area contributed by atoms with Crippen molar-refractivity contribution in [3.63, 3.8) is 0 Å². The van der Waals surface area contributed by atoms with Gasteiger partial charge in [-0.3, -0.25) is 0 Å². The number of sulfonamides is 1. The molecule has 0 spiro atoms. The van der Waals surface area contributed by atoms with Gasteiger partial charge in [0.2, 0.25) is 10.0 Å². The Morgan fingerprint density at radius 2 is 2.00 bits per heavy atom. The van der Waals surface area contributed by atoms with Crippen LogP contribution in [0.1, 0.15) is 31.2 Å². The zero-order valence-electron chi connectivity index (χ0n) is 11.0. The minimum atomic E-state index is -3.64. The molecule has 1 aliphatic rings. The van der Waals surface area contributed by atoms with Crippen LogP contribution in [0.4, 0.5) is 5.69 Å². The predicted molar refractivity (Wildman–Crippen MR) is 74.2 cm³/mol. The van der Waals surface area contributed by atoms with Crippen LogP contribution in [0.3, 0.4) is 0 Å². The summed E-state index contributed by atoms with van der Waals surface area (Å²) in [7, 11) is -3.64. The Labute approximate surface area is 113 Å². The van der Waals surface area contributed by atoms with Gasteiger partial charge < -0.3 is 10.8 Å². The molecule has 1 fully saturated rings. The quantitative estimate of drug-likeness (QED) is 0.726. The highest BCUT2D eigenvalue weighted by molar-refractivity contribution is 7.89. The van der Waals surface area contributed by atoms with Gasteiger partial charge in [-0.15, -0.1) is 0 Å². The molecule has 0 saturated heterocycles. The summed E-state index contributed by atoms with van der Waals surface area (Å²) in [5, 5.41) is 9.85. The lowest BCUT2D eigenvalue weighted by Gasteiger charge is -2.28. The minimum absolute atomic E-state index is 0.185. The lowest BCUT2D eigenvalue weighted by Crippen LogP contribution is -2.45. The second-order valence-corrected chi connectivity index (χ2v) is 6.73. The molecule has 0 heterocycles. The van der Waals surface area contributed by atoms with E-state index < -0.39 is 22.2 Å². The van der Waals surface area contributed by atoms with Gasteiger partial charge in [0.05, 0.1) is 11.0 Å². The van der Waals surface area contributed by atoms with Gasteiger partial charge in [-0.1, -0.05) is 18.9 Å². The maximum Gasteiger partial charge on any atom is 0.241 e. The maximum absolute atomic E-state index is 12.3. The predicted octanol–water partition coefficient (Wildman–Crippen LogP) is 1.16. The first-order chi connectivity index (χ1) is 8.92. The van der Waals surface area contributed by atoms with Crippen LogP contribution in [0.5, 0.6) is 0 Å². The third-order valence-electron chi connectivity index (χ3n) is 3.65. The molecule has 19 heavy (non-hydrogen) atoms. The van der Waals surface area contributed by atoms with Crippen molar-refractivity contribution in [3.8, 4) is 0 Å². The summed E-state index contributed by atoms with van der Waals surface area (Å²) in [5.41, 5.74) is 6.73. The average molecular weight is 284 g/mol. The second kappa shape index (κ2) is 5.48. The van der Waals surface area contributed by atoms with Crippen molar-refractivity contribution in [1.82, 2.24) is 4.72 Å². The maximum atomic E-state index is 12.3. The molecule has 0 unspecified atom stereocenters. The minimum Gasteiger partial charge on any atom is -0.398 e. The van der Waals surface area contributed by atoms with Gasteiger partial charge in [0.15, 0.2) is 0 Å². The van der Waals surface area contributed by atoms with Crippen LogP contribution >= 0.6 is 0 Å². The van der Waals surface area contributed by atoms with Crippen molar-refractivity contribution in [2.24, 2.45) is 0 Å². The first-order valence-corrected chi connectivity index (χ1v) is 7.95. The molecule has 0 aromatic heterocycles. The van der Waals surface area contributed by atoms with Gasteiger partial charge in [-0.2, -0.15) is 0 Å². The smallest absolute Gasteiger partial charge is 0.241 e. The Morgan fingerprint density at radius 1 is 1.32 bits per heavy atom. The van der Waals surface area contributed by atoms with Crippen molar-refractivity contribution in [3.05, 3.63) is 23.8 Å². The average Bonchev–Trinajstić information content (AvgIpc) is 2.35. The lowest BCUT2D eigenvalue weighted by molar-refractivity contribution is 0.101. The van der Waals surface area contributed by atoms with Crippen LogP contribution in [0.15, 0.2) is 23.1 Å². The largest absolute Gasteiger partial charge is 0.398 e. The molecule has 4 N–H and O–H groups in total. The van der Waals surface area contributed by atoms with E-state index in [9.17, 15) is 13.5 Å². The Balaban J connectivity index is 2.25. The van der Waals surface area contributed by atoms with Crippen molar-refractivity contribution in [2.45, 2.75) is 49.6 Å². The van der Waals surface area contributed by atoms with E-state index in [0.717, 1.165) is 12.8 Å². The number of aliphatic hydroxyl groups excluding tert-OH is 1.